The number of carbonyl (C=O) groups is 2. The van der Waals surface area contributed by atoms with E-state index in [9.17, 15) is 9.59 Å². The van der Waals surface area contributed by atoms with Crippen molar-refractivity contribution in [3.05, 3.63) is 51.1 Å². The largest absolute Gasteiger partial charge is 0.485 e. The summed E-state index contributed by atoms with van der Waals surface area (Å²) in [6.45, 7) is 6.03. The van der Waals surface area contributed by atoms with Crippen molar-refractivity contribution >= 4 is 51.6 Å². The Morgan fingerprint density at radius 1 is 1.25 bits per heavy atom. The van der Waals surface area contributed by atoms with Crippen molar-refractivity contribution in [2.75, 3.05) is 17.7 Å². The van der Waals surface area contributed by atoms with Gasteiger partial charge in [-0.1, -0.05) is 23.4 Å². The topological polar surface area (TPSA) is 95.3 Å². The zero-order valence-corrected chi connectivity index (χ0v) is 20.5. The van der Waals surface area contributed by atoms with Crippen LogP contribution < -0.4 is 10.1 Å². The third kappa shape index (κ3) is 6.02. The second-order valence-electron chi connectivity index (χ2n) is 6.81. The number of hydrogen-bond acceptors (Lipinski definition) is 8. The number of amides is 1. The first-order valence-electron chi connectivity index (χ1n) is 9.76. The summed E-state index contributed by atoms with van der Waals surface area (Å²) in [5.41, 5.74) is 1.29. The SMILES string of the molecule is CCOC(=O)c1cc(C)sc1NC(=O)CSc1nnc(COc2ccc(Cl)cc2C)n1C. The molecule has 32 heavy (non-hydrogen) atoms. The minimum absolute atomic E-state index is 0.113. The van der Waals surface area contributed by atoms with Crippen molar-refractivity contribution in [1.82, 2.24) is 14.8 Å². The van der Waals surface area contributed by atoms with Gasteiger partial charge >= 0.3 is 5.97 Å². The van der Waals surface area contributed by atoms with Gasteiger partial charge in [-0.3, -0.25) is 4.79 Å². The average Bonchev–Trinajstić information content (AvgIpc) is 3.28. The number of nitrogens with one attached hydrogen (secondary N) is 1. The highest BCUT2D eigenvalue weighted by atomic mass is 35.5. The highest BCUT2D eigenvalue weighted by Crippen LogP contribution is 2.29. The van der Waals surface area contributed by atoms with Gasteiger partial charge in [0.25, 0.3) is 0 Å². The van der Waals surface area contributed by atoms with E-state index in [1.165, 1.54) is 23.1 Å². The van der Waals surface area contributed by atoms with Gasteiger partial charge < -0.3 is 19.4 Å². The van der Waals surface area contributed by atoms with Gasteiger partial charge in [0.1, 0.15) is 17.4 Å². The van der Waals surface area contributed by atoms with Gasteiger partial charge in [0.15, 0.2) is 11.0 Å². The molecule has 0 radical (unpaired) electrons. The lowest BCUT2D eigenvalue weighted by Crippen LogP contribution is -2.16. The molecule has 3 rings (SSSR count). The molecule has 11 heteroatoms. The highest BCUT2D eigenvalue weighted by Gasteiger charge is 2.19. The molecule has 0 bridgehead atoms. The first-order chi connectivity index (χ1) is 15.3. The lowest BCUT2D eigenvalue weighted by Gasteiger charge is -2.09. The fraction of sp³-hybridized carbons (Fsp3) is 0.333. The van der Waals surface area contributed by atoms with E-state index in [1.807, 2.05) is 33.0 Å². The molecule has 1 N–H and O–H groups in total. The van der Waals surface area contributed by atoms with Crippen molar-refractivity contribution in [2.45, 2.75) is 32.5 Å². The molecule has 0 spiro atoms. The van der Waals surface area contributed by atoms with Gasteiger partial charge in [0.05, 0.1) is 17.9 Å². The summed E-state index contributed by atoms with van der Waals surface area (Å²) in [7, 11) is 1.81. The van der Waals surface area contributed by atoms with E-state index >= 15 is 0 Å². The predicted octanol–water partition coefficient (Wildman–Crippen LogP) is 4.63. The number of rotatable bonds is 9. The molecule has 0 saturated carbocycles. The molecule has 2 heterocycles. The molecule has 0 aliphatic heterocycles. The van der Waals surface area contributed by atoms with Crippen molar-refractivity contribution in [2.24, 2.45) is 7.05 Å². The van der Waals surface area contributed by atoms with Crippen LogP contribution in [0.5, 0.6) is 5.75 Å². The maximum Gasteiger partial charge on any atom is 0.341 e. The number of aryl methyl sites for hydroxylation is 2. The molecular formula is C21H23ClN4O4S2. The first kappa shape index (κ1) is 24.1. The van der Waals surface area contributed by atoms with Gasteiger partial charge in [-0.2, -0.15) is 0 Å². The zero-order valence-electron chi connectivity index (χ0n) is 18.1. The van der Waals surface area contributed by atoms with Gasteiger partial charge in [-0.05, 0) is 50.6 Å². The van der Waals surface area contributed by atoms with E-state index in [4.69, 9.17) is 21.1 Å². The number of hydrogen-bond donors (Lipinski definition) is 1. The number of thiophene rings is 1. The number of carbonyl (C=O) groups excluding carboxylic acids is 2. The van der Waals surface area contributed by atoms with E-state index in [1.54, 1.807) is 23.6 Å². The van der Waals surface area contributed by atoms with Crippen LogP contribution >= 0.6 is 34.7 Å². The van der Waals surface area contributed by atoms with Crippen LogP contribution in [0.2, 0.25) is 5.02 Å². The molecule has 0 saturated heterocycles. The minimum Gasteiger partial charge on any atom is -0.485 e. The zero-order chi connectivity index (χ0) is 23.3. The molecule has 3 aromatic rings. The summed E-state index contributed by atoms with van der Waals surface area (Å²) in [6.07, 6.45) is 0. The second kappa shape index (κ2) is 10.8. The normalized spacial score (nSPS) is 10.8. The Bertz CT molecular complexity index is 1130. The maximum atomic E-state index is 12.5. The standard InChI is InChI=1S/C21H23ClN4O4S2/c1-5-29-20(28)15-9-13(3)32-19(15)23-18(27)11-31-21-25-24-17(26(21)4)10-30-16-7-6-14(22)8-12(16)2/h6-9H,5,10-11H2,1-4H3,(H,23,27). The molecule has 0 unspecified atom stereocenters. The van der Waals surface area contributed by atoms with E-state index in [0.717, 1.165) is 16.2 Å². The van der Waals surface area contributed by atoms with Crippen LogP contribution in [-0.2, 0) is 23.2 Å². The molecule has 0 fully saturated rings. The Labute approximate surface area is 199 Å². The number of anilines is 1. The van der Waals surface area contributed by atoms with E-state index in [0.29, 0.717) is 26.6 Å². The number of benzene rings is 1. The first-order valence-corrected chi connectivity index (χ1v) is 11.9. The Morgan fingerprint density at radius 2 is 2.03 bits per heavy atom. The Kier molecular flexibility index (Phi) is 8.16. The summed E-state index contributed by atoms with van der Waals surface area (Å²) in [5, 5.41) is 12.8. The molecule has 1 aromatic carbocycles. The van der Waals surface area contributed by atoms with Gasteiger partial charge in [0.2, 0.25) is 5.91 Å². The van der Waals surface area contributed by atoms with Crippen molar-refractivity contribution < 1.29 is 19.1 Å². The molecule has 8 nitrogen and oxygen atoms in total. The van der Waals surface area contributed by atoms with Crippen LogP contribution in [0.1, 0.15) is 33.5 Å². The van der Waals surface area contributed by atoms with Gasteiger partial charge in [0, 0.05) is 16.9 Å². The van der Waals surface area contributed by atoms with E-state index in [-0.39, 0.29) is 24.9 Å². The Morgan fingerprint density at radius 3 is 2.75 bits per heavy atom. The van der Waals surface area contributed by atoms with E-state index < -0.39 is 5.97 Å². The summed E-state index contributed by atoms with van der Waals surface area (Å²) >= 11 is 8.55. The number of nitrogens with zero attached hydrogens (tertiary/aromatic N) is 3. The Hall–Kier alpha value is -2.56. The van der Waals surface area contributed by atoms with Crippen molar-refractivity contribution in [3.63, 3.8) is 0 Å². The van der Waals surface area contributed by atoms with Crippen LogP contribution in [-0.4, -0.2) is 39.0 Å². The molecule has 170 valence electrons. The molecule has 0 aliphatic carbocycles. The third-order valence-electron chi connectivity index (χ3n) is 4.35. The molecule has 0 atom stereocenters. The lowest BCUT2D eigenvalue weighted by atomic mass is 10.2. The summed E-state index contributed by atoms with van der Waals surface area (Å²) in [5.74, 6) is 0.756. The van der Waals surface area contributed by atoms with Crippen molar-refractivity contribution in [1.29, 1.82) is 0 Å². The summed E-state index contributed by atoms with van der Waals surface area (Å²) < 4.78 is 12.7. The number of aromatic nitrogens is 3. The quantitative estimate of drug-likeness (QED) is 0.342. The summed E-state index contributed by atoms with van der Waals surface area (Å²) in [6, 6.07) is 7.12. The van der Waals surface area contributed by atoms with Crippen LogP contribution in [0.15, 0.2) is 29.4 Å². The van der Waals surface area contributed by atoms with Gasteiger partial charge in [-0.25, -0.2) is 4.79 Å². The maximum absolute atomic E-state index is 12.5. The number of halogens is 1. The smallest absolute Gasteiger partial charge is 0.341 e. The average molecular weight is 495 g/mol. The Balaban J connectivity index is 1.57. The fourth-order valence-corrected chi connectivity index (χ4v) is 4.65. The number of esters is 1. The van der Waals surface area contributed by atoms with Crippen LogP contribution in [0.25, 0.3) is 0 Å². The van der Waals surface area contributed by atoms with Gasteiger partial charge in [-0.15, -0.1) is 21.5 Å². The lowest BCUT2D eigenvalue weighted by molar-refractivity contribution is -0.113. The van der Waals surface area contributed by atoms with Crippen LogP contribution in [0.3, 0.4) is 0 Å². The molecule has 1 amide bonds. The molecule has 2 aromatic heterocycles. The number of thioether (sulfide) groups is 1. The highest BCUT2D eigenvalue weighted by molar-refractivity contribution is 7.99. The predicted molar refractivity (Wildman–Crippen MR) is 126 cm³/mol. The number of ether oxygens (including phenoxy) is 2. The molecular weight excluding hydrogens is 472 g/mol. The third-order valence-corrected chi connectivity index (χ3v) is 6.58. The molecule has 0 aliphatic rings. The van der Waals surface area contributed by atoms with E-state index in [2.05, 4.69) is 15.5 Å². The second-order valence-corrected chi connectivity index (χ2v) is 9.45. The monoisotopic (exact) mass is 494 g/mol. The van der Waals surface area contributed by atoms with Crippen LogP contribution in [0, 0.1) is 13.8 Å². The minimum atomic E-state index is -0.450. The van der Waals surface area contributed by atoms with Crippen molar-refractivity contribution in [3.8, 4) is 5.75 Å². The fourth-order valence-electron chi connectivity index (χ4n) is 2.77. The van der Waals surface area contributed by atoms with Crippen LogP contribution in [0.4, 0.5) is 5.00 Å². The summed E-state index contributed by atoms with van der Waals surface area (Å²) in [4.78, 5) is 25.4.